The molecule has 2 nitrogen and oxygen atoms in total. The Kier molecular flexibility index (Phi) is 3.56. The molecule has 0 aliphatic rings. The molecule has 1 aromatic heterocycles. The molecule has 0 saturated carbocycles. The zero-order chi connectivity index (χ0) is 14.2. The first-order valence-corrected chi connectivity index (χ1v) is 6.19. The summed E-state index contributed by atoms with van der Waals surface area (Å²) in [5.41, 5.74) is -1.64. The van der Waals surface area contributed by atoms with Crippen molar-refractivity contribution in [1.82, 2.24) is 0 Å². The van der Waals surface area contributed by atoms with E-state index in [0.29, 0.717) is 9.21 Å². The molecule has 0 atom stereocenters. The molecule has 0 fully saturated rings. The van der Waals surface area contributed by atoms with E-state index in [-0.39, 0.29) is 5.56 Å². The smallest absolute Gasteiger partial charge is 0.417 e. The summed E-state index contributed by atoms with van der Waals surface area (Å²) < 4.78 is 38.9. The molecule has 0 saturated heterocycles. The highest BCUT2D eigenvalue weighted by atomic mass is 35.5. The second-order valence-electron chi connectivity index (χ2n) is 3.67. The lowest BCUT2D eigenvalue weighted by Gasteiger charge is -2.11. The third kappa shape index (κ3) is 2.90. The van der Waals surface area contributed by atoms with Gasteiger partial charge in [-0.05, 0) is 29.8 Å². The lowest BCUT2D eigenvalue weighted by Crippen LogP contribution is -2.12. The van der Waals surface area contributed by atoms with E-state index in [9.17, 15) is 18.0 Å². The molecular weight excluding hydrogens is 301 g/mol. The summed E-state index contributed by atoms with van der Waals surface area (Å²) in [6, 6.07) is 6.27. The molecule has 0 radical (unpaired) electrons. The normalized spacial score (nSPS) is 11.6. The quantitative estimate of drug-likeness (QED) is 0.866. The van der Waals surface area contributed by atoms with E-state index in [1.807, 2.05) is 0 Å². The molecular formula is C12H6ClF3O2S. The number of carboxylic acids is 1. The van der Waals surface area contributed by atoms with Crippen LogP contribution in [-0.2, 0) is 6.18 Å². The first-order chi connectivity index (χ1) is 8.79. The summed E-state index contributed by atoms with van der Waals surface area (Å²) in [6.45, 7) is 0. The first-order valence-electron chi connectivity index (χ1n) is 4.99. The number of carbonyl (C=O) groups is 1. The van der Waals surface area contributed by atoms with Crippen LogP contribution in [-0.4, -0.2) is 11.1 Å². The number of hydrogen-bond donors (Lipinski definition) is 1. The van der Waals surface area contributed by atoms with E-state index < -0.39 is 23.3 Å². The minimum Gasteiger partial charge on any atom is -0.478 e. The molecule has 1 N–H and O–H groups in total. The minimum atomic E-state index is -4.72. The van der Waals surface area contributed by atoms with Crippen LogP contribution >= 0.6 is 22.9 Å². The Bertz CT molecular complexity index is 634. The molecule has 1 aromatic carbocycles. The molecule has 100 valence electrons. The van der Waals surface area contributed by atoms with Crippen LogP contribution in [0.2, 0.25) is 4.34 Å². The van der Waals surface area contributed by atoms with Crippen LogP contribution in [0.1, 0.15) is 15.9 Å². The van der Waals surface area contributed by atoms with Gasteiger partial charge in [-0.25, -0.2) is 4.79 Å². The van der Waals surface area contributed by atoms with Crippen LogP contribution in [0.15, 0.2) is 30.3 Å². The van der Waals surface area contributed by atoms with Gasteiger partial charge in [0.2, 0.25) is 0 Å². The largest absolute Gasteiger partial charge is 0.478 e. The third-order valence-corrected chi connectivity index (χ3v) is 3.69. The maximum atomic E-state index is 12.8. The maximum absolute atomic E-state index is 12.8. The second kappa shape index (κ2) is 4.86. The fourth-order valence-corrected chi connectivity index (χ4v) is 2.63. The number of thiophene rings is 1. The van der Waals surface area contributed by atoms with Crippen molar-refractivity contribution in [3.8, 4) is 10.4 Å². The molecule has 2 rings (SSSR count). The highest BCUT2D eigenvalue weighted by molar-refractivity contribution is 7.19. The lowest BCUT2D eigenvalue weighted by atomic mass is 10.0. The number of rotatable bonds is 2. The summed E-state index contributed by atoms with van der Waals surface area (Å²) in [4.78, 5) is 11.4. The highest BCUT2D eigenvalue weighted by Gasteiger charge is 2.35. The number of halogens is 4. The number of benzene rings is 1. The number of carboxylic acid groups (broad SMARTS) is 1. The van der Waals surface area contributed by atoms with E-state index in [1.165, 1.54) is 6.07 Å². The van der Waals surface area contributed by atoms with Gasteiger partial charge >= 0.3 is 12.1 Å². The summed E-state index contributed by atoms with van der Waals surface area (Å²) in [5, 5.41) is 8.78. The first kappa shape index (κ1) is 13.9. The Labute approximate surface area is 115 Å². The van der Waals surface area contributed by atoms with Gasteiger partial charge < -0.3 is 5.11 Å². The average molecular weight is 307 g/mol. The number of aromatic carboxylic acids is 1. The van der Waals surface area contributed by atoms with E-state index in [2.05, 4.69) is 0 Å². The second-order valence-corrected chi connectivity index (χ2v) is 5.38. The van der Waals surface area contributed by atoms with Crippen molar-refractivity contribution in [2.75, 3.05) is 0 Å². The Morgan fingerprint density at radius 3 is 2.37 bits per heavy atom. The van der Waals surface area contributed by atoms with Crippen LogP contribution in [0.25, 0.3) is 10.4 Å². The maximum Gasteiger partial charge on any atom is 0.417 e. The van der Waals surface area contributed by atoms with Gasteiger partial charge in [-0.3, -0.25) is 0 Å². The molecule has 19 heavy (non-hydrogen) atoms. The van der Waals surface area contributed by atoms with Gasteiger partial charge in [-0.2, -0.15) is 13.2 Å². The molecule has 0 unspecified atom stereocenters. The highest BCUT2D eigenvalue weighted by Crippen LogP contribution is 2.37. The van der Waals surface area contributed by atoms with Crippen LogP contribution in [0.4, 0.5) is 13.2 Å². The van der Waals surface area contributed by atoms with Gasteiger partial charge in [-0.1, -0.05) is 17.7 Å². The molecule has 2 aromatic rings. The lowest BCUT2D eigenvalue weighted by molar-refractivity contribution is -0.138. The third-order valence-electron chi connectivity index (χ3n) is 2.41. The van der Waals surface area contributed by atoms with Crippen molar-refractivity contribution in [2.45, 2.75) is 6.18 Å². The summed E-state index contributed by atoms with van der Waals surface area (Å²) in [6.07, 6.45) is -4.72. The zero-order valence-electron chi connectivity index (χ0n) is 9.16. The minimum absolute atomic E-state index is 0.286. The van der Waals surface area contributed by atoms with Crippen molar-refractivity contribution in [3.05, 3.63) is 45.8 Å². The molecule has 0 amide bonds. The topological polar surface area (TPSA) is 37.3 Å². The monoisotopic (exact) mass is 306 g/mol. The van der Waals surface area contributed by atoms with Crippen molar-refractivity contribution in [1.29, 1.82) is 0 Å². The number of hydrogen-bond acceptors (Lipinski definition) is 2. The van der Waals surface area contributed by atoms with E-state index in [1.54, 1.807) is 12.1 Å². The fourth-order valence-electron chi connectivity index (χ4n) is 1.59. The van der Waals surface area contributed by atoms with Crippen molar-refractivity contribution in [2.24, 2.45) is 0 Å². The molecule has 0 bridgehead atoms. The van der Waals surface area contributed by atoms with Crippen LogP contribution < -0.4 is 0 Å². The summed E-state index contributed by atoms with van der Waals surface area (Å²) >= 11 is 6.85. The molecule has 0 aliphatic carbocycles. The summed E-state index contributed by atoms with van der Waals surface area (Å²) in [7, 11) is 0. The van der Waals surface area contributed by atoms with E-state index in [4.69, 9.17) is 16.7 Å². The van der Waals surface area contributed by atoms with Crippen molar-refractivity contribution >= 4 is 28.9 Å². The molecule has 0 spiro atoms. The predicted octanol–water partition coefficient (Wildman–Crippen LogP) is 4.79. The van der Waals surface area contributed by atoms with Gasteiger partial charge in [0.15, 0.2) is 0 Å². The van der Waals surface area contributed by atoms with Gasteiger partial charge in [0.25, 0.3) is 0 Å². The molecule has 1 heterocycles. The standard InChI is InChI=1S/C12H6ClF3O2S/c13-10-4-3-9(19-10)6-1-2-7(11(17)18)8(5-6)12(14,15)16/h1-5H,(H,17,18). The Balaban J connectivity index is 2.59. The van der Waals surface area contributed by atoms with E-state index in [0.717, 1.165) is 23.5 Å². The van der Waals surface area contributed by atoms with Gasteiger partial charge in [0.05, 0.1) is 15.5 Å². The Hall–Kier alpha value is -1.53. The molecule has 7 heteroatoms. The summed E-state index contributed by atoms with van der Waals surface area (Å²) in [5.74, 6) is -1.61. The van der Waals surface area contributed by atoms with Crippen LogP contribution in [0.5, 0.6) is 0 Å². The number of alkyl halides is 3. The van der Waals surface area contributed by atoms with Crippen LogP contribution in [0, 0.1) is 0 Å². The van der Waals surface area contributed by atoms with Crippen molar-refractivity contribution in [3.63, 3.8) is 0 Å². The van der Waals surface area contributed by atoms with Gasteiger partial charge in [0.1, 0.15) is 0 Å². The molecule has 0 aliphatic heterocycles. The van der Waals surface area contributed by atoms with Crippen LogP contribution in [0.3, 0.4) is 0 Å². The van der Waals surface area contributed by atoms with E-state index >= 15 is 0 Å². The SMILES string of the molecule is O=C(O)c1ccc(-c2ccc(Cl)s2)cc1C(F)(F)F. The Morgan fingerprint density at radius 1 is 1.21 bits per heavy atom. The fraction of sp³-hybridized carbons (Fsp3) is 0.0833. The van der Waals surface area contributed by atoms with Crippen molar-refractivity contribution < 1.29 is 23.1 Å². The average Bonchev–Trinajstić information content (AvgIpc) is 2.74. The van der Waals surface area contributed by atoms with Gasteiger partial charge in [0, 0.05) is 4.88 Å². The Morgan fingerprint density at radius 2 is 1.89 bits per heavy atom. The predicted molar refractivity (Wildman–Crippen MR) is 66.7 cm³/mol. The van der Waals surface area contributed by atoms with Gasteiger partial charge in [-0.15, -0.1) is 11.3 Å². The zero-order valence-corrected chi connectivity index (χ0v) is 10.7.